The Morgan fingerprint density at radius 1 is 1.40 bits per heavy atom. The third-order valence-corrected chi connectivity index (χ3v) is 2.15. The topological polar surface area (TPSA) is 51.2 Å². The van der Waals surface area contributed by atoms with Crippen LogP contribution >= 0.6 is 0 Å². The summed E-state index contributed by atoms with van der Waals surface area (Å²) in [6.07, 6.45) is 1.44. The summed E-state index contributed by atoms with van der Waals surface area (Å²) in [7, 11) is 0. The molecule has 2 heterocycles. The number of hydrogen-bond donors (Lipinski definition) is 1. The van der Waals surface area contributed by atoms with Crippen LogP contribution in [0.5, 0.6) is 0 Å². The van der Waals surface area contributed by atoms with Crippen LogP contribution in [-0.4, -0.2) is 11.5 Å². The fraction of sp³-hybridized carbons (Fsp3) is 0.364. The monoisotopic (exact) mass is 206 g/mol. The maximum absolute atomic E-state index is 5.49. The molecule has 2 aromatic rings. The molecule has 0 radical (unpaired) electrons. The van der Waals surface area contributed by atoms with Gasteiger partial charge in [-0.25, -0.2) is 4.98 Å². The molecule has 80 valence electrons. The molecule has 0 amide bonds. The lowest BCUT2D eigenvalue weighted by molar-refractivity contribution is 0.502. The van der Waals surface area contributed by atoms with E-state index in [0.717, 1.165) is 23.8 Å². The molecule has 0 spiro atoms. The number of nitrogens with one attached hydrogen (secondary N) is 1. The Morgan fingerprint density at radius 3 is 2.93 bits per heavy atom. The van der Waals surface area contributed by atoms with Gasteiger partial charge in [0.15, 0.2) is 17.9 Å². The molecular weight excluding hydrogens is 192 g/mol. The molecule has 2 rings (SSSR count). The van der Waals surface area contributed by atoms with Crippen molar-refractivity contribution in [1.29, 1.82) is 0 Å². The van der Waals surface area contributed by atoms with Crippen LogP contribution in [0.1, 0.15) is 18.4 Å². The van der Waals surface area contributed by atoms with Crippen LogP contribution in [0.4, 0.5) is 0 Å². The predicted octanol–water partition coefficient (Wildman–Crippen LogP) is 2.35. The van der Waals surface area contributed by atoms with Crippen LogP contribution in [0.25, 0.3) is 11.5 Å². The van der Waals surface area contributed by atoms with E-state index in [4.69, 9.17) is 8.83 Å². The summed E-state index contributed by atoms with van der Waals surface area (Å²) < 4.78 is 10.8. The molecule has 0 saturated heterocycles. The predicted molar refractivity (Wildman–Crippen MR) is 56.3 cm³/mol. The maximum atomic E-state index is 5.49. The van der Waals surface area contributed by atoms with Crippen molar-refractivity contribution in [3.8, 4) is 11.5 Å². The second kappa shape index (κ2) is 4.31. The van der Waals surface area contributed by atoms with Gasteiger partial charge in [-0.2, -0.15) is 0 Å². The Hall–Kier alpha value is -1.55. The van der Waals surface area contributed by atoms with E-state index in [1.54, 1.807) is 0 Å². The number of aryl methyl sites for hydroxylation is 1. The van der Waals surface area contributed by atoms with Gasteiger partial charge in [0.05, 0.1) is 0 Å². The van der Waals surface area contributed by atoms with Crippen molar-refractivity contribution >= 4 is 0 Å². The molecule has 15 heavy (non-hydrogen) atoms. The zero-order valence-electron chi connectivity index (χ0n) is 8.91. The van der Waals surface area contributed by atoms with Crippen LogP contribution in [0, 0.1) is 6.92 Å². The van der Waals surface area contributed by atoms with E-state index in [-0.39, 0.29) is 0 Å². The lowest BCUT2D eigenvalue weighted by Gasteiger charge is -1.98. The van der Waals surface area contributed by atoms with E-state index in [1.165, 1.54) is 6.39 Å². The number of aromatic nitrogens is 1. The number of furan rings is 1. The number of hydrogen-bond acceptors (Lipinski definition) is 4. The normalized spacial score (nSPS) is 10.8. The van der Waals surface area contributed by atoms with Gasteiger partial charge in [-0.15, -0.1) is 0 Å². The van der Waals surface area contributed by atoms with Gasteiger partial charge < -0.3 is 14.2 Å². The van der Waals surface area contributed by atoms with Crippen molar-refractivity contribution in [2.45, 2.75) is 20.4 Å². The standard InChI is InChI=1S/C11H14N2O2/c1-3-12-6-9-11(14-7-13-9)10-5-4-8(2)15-10/h4-5,7,12H,3,6H2,1-2H3. The van der Waals surface area contributed by atoms with Crippen molar-refractivity contribution in [1.82, 2.24) is 10.3 Å². The summed E-state index contributed by atoms with van der Waals surface area (Å²) in [5, 5.41) is 3.20. The number of oxazole rings is 1. The van der Waals surface area contributed by atoms with Gasteiger partial charge in [-0.05, 0) is 25.6 Å². The molecule has 0 aromatic carbocycles. The first kappa shape index (κ1) is 9.98. The maximum Gasteiger partial charge on any atom is 0.194 e. The highest BCUT2D eigenvalue weighted by molar-refractivity contribution is 5.52. The van der Waals surface area contributed by atoms with E-state index >= 15 is 0 Å². The molecule has 0 aliphatic heterocycles. The van der Waals surface area contributed by atoms with E-state index in [0.29, 0.717) is 12.3 Å². The minimum Gasteiger partial charge on any atom is -0.458 e. The van der Waals surface area contributed by atoms with E-state index in [9.17, 15) is 0 Å². The molecule has 2 aromatic heterocycles. The van der Waals surface area contributed by atoms with Crippen LogP contribution in [0.3, 0.4) is 0 Å². The molecule has 0 aliphatic carbocycles. The van der Waals surface area contributed by atoms with Gasteiger partial charge in [0.25, 0.3) is 0 Å². The Kier molecular flexibility index (Phi) is 2.87. The molecule has 0 bridgehead atoms. The SMILES string of the molecule is CCNCc1ncoc1-c1ccc(C)o1. The lowest BCUT2D eigenvalue weighted by Crippen LogP contribution is -2.12. The van der Waals surface area contributed by atoms with Gasteiger partial charge in [-0.3, -0.25) is 0 Å². The fourth-order valence-corrected chi connectivity index (χ4v) is 1.40. The first-order chi connectivity index (χ1) is 7.31. The van der Waals surface area contributed by atoms with Gasteiger partial charge >= 0.3 is 0 Å². The van der Waals surface area contributed by atoms with Crippen LogP contribution in [0.2, 0.25) is 0 Å². The molecule has 0 unspecified atom stereocenters. The van der Waals surface area contributed by atoms with Gasteiger partial charge in [0.2, 0.25) is 0 Å². The minimum absolute atomic E-state index is 0.697. The highest BCUT2D eigenvalue weighted by atomic mass is 16.4. The Labute approximate surface area is 88.3 Å². The first-order valence-electron chi connectivity index (χ1n) is 5.01. The third-order valence-electron chi connectivity index (χ3n) is 2.15. The molecule has 0 atom stereocenters. The van der Waals surface area contributed by atoms with Gasteiger partial charge in [0, 0.05) is 6.54 Å². The molecule has 0 saturated carbocycles. The lowest BCUT2D eigenvalue weighted by atomic mass is 10.3. The van der Waals surface area contributed by atoms with Crippen molar-refractivity contribution in [3.63, 3.8) is 0 Å². The van der Waals surface area contributed by atoms with Crippen molar-refractivity contribution in [3.05, 3.63) is 30.0 Å². The average Bonchev–Trinajstić information content (AvgIpc) is 2.82. The summed E-state index contributed by atoms with van der Waals surface area (Å²) in [5.74, 6) is 2.32. The molecule has 1 N–H and O–H groups in total. The number of rotatable bonds is 4. The minimum atomic E-state index is 0.697. The summed E-state index contributed by atoms with van der Waals surface area (Å²) in [5.41, 5.74) is 0.881. The smallest absolute Gasteiger partial charge is 0.194 e. The summed E-state index contributed by atoms with van der Waals surface area (Å²) in [4.78, 5) is 4.15. The molecule has 0 fully saturated rings. The second-order valence-electron chi connectivity index (χ2n) is 3.32. The third kappa shape index (κ3) is 2.10. The quantitative estimate of drug-likeness (QED) is 0.834. The Morgan fingerprint density at radius 2 is 2.27 bits per heavy atom. The van der Waals surface area contributed by atoms with E-state index in [2.05, 4.69) is 17.2 Å². The van der Waals surface area contributed by atoms with Crippen molar-refractivity contribution in [2.75, 3.05) is 6.54 Å². The molecule has 0 aliphatic rings. The highest BCUT2D eigenvalue weighted by Gasteiger charge is 2.13. The van der Waals surface area contributed by atoms with Crippen LogP contribution in [0.15, 0.2) is 27.4 Å². The second-order valence-corrected chi connectivity index (χ2v) is 3.32. The summed E-state index contributed by atoms with van der Waals surface area (Å²) in [6.45, 7) is 5.56. The van der Waals surface area contributed by atoms with Gasteiger partial charge in [-0.1, -0.05) is 6.92 Å². The average molecular weight is 206 g/mol. The number of nitrogens with zero attached hydrogens (tertiary/aromatic N) is 1. The summed E-state index contributed by atoms with van der Waals surface area (Å²) in [6, 6.07) is 3.81. The summed E-state index contributed by atoms with van der Waals surface area (Å²) >= 11 is 0. The van der Waals surface area contributed by atoms with Crippen LogP contribution in [-0.2, 0) is 6.54 Å². The molecule has 4 nitrogen and oxygen atoms in total. The zero-order valence-corrected chi connectivity index (χ0v) is 8.91. The fourth-order valence-electron chi connectivity index (χ4n) is 1.40. The largest absolute Gasteiger partial charge is 0.458 e. The van der Waals surface area contributed by atoms with Crippen molar-refractivity contribution < 1.29 is 8.83 Å². The van der Waals surface area contributed by atoms with Gasteiger partial charge in [0.1, 0.15) is 11.5 Å². The Balaban J connectivity index is 2.24. The Bertz CT molecular complexity index is 431. The van der Waals surface area contributed by atoms with E-state index < -0.39 is 0 Å². The van der Waals surface area contributed by atoms with Crippen molar-refractivity contribution in [2.24, 2.45) is 0 Å². The zero-order chi connectivity index (χ0) is 10.7. The van der Waals surface area contributed by atoms with E-state index in [1.807, 2.05) is 19.1 Å². The van der Waals surface area contributed by atoms with Crippen LogP contribution < -0.4 is 5.32 Å². The first-order valence-corrected chi connectivity index (χ1v) is 5.01. The molecule has 4 heteroatoms. The highest BCUT2D eigenvalue weighted by Crippen LogP contribution is 2.24. The molecular formula is C11H14N2O2.